The van der Waals surface area contributed by atoms with Crippen molar-refractivity contribution in [2.45, 2.75) is 6.92 Å². The molecule has 0 saturated carbocycles. The minimum absolute atomic E-state index is 0.285. The van der Waals surface area contributed by atoms with Crippen LogP contribution in [0.4, 0.5) is 4.79 Å². The predicted molar refractivity (Wildman–Crippen MR) is 81.3 cm³/mol. The zero-order valence-electron chi connectivity index (χ0n) is 12.0. The van der Waals surface area contributed by atoms with E-state index in [1.165, 1.54) is 6.08 Å². The summed E-state index contributed by atoms with van der Waals surface area (Å²) in [5.41, 5.74) is 1.69. The van der Waals surface area contributed by atoms with Crippen molar-refractivity contribution in [3.8, 4) is 0 Å². The Morgan fingerprint density at radius 3 is 2.86 bits per heavy atom. The van der Waals surface area contributed by atoms with E-state index in [0.29, 0.717) is 11.6 Å². The maximum Gasteiger partial charge on any atom is 0.331 e. The zero-order valence-corrected chi connectivity index (χ0v) is 12.7. The Morgan fingerprint density at radius 1 is 1.45 bits per heavy atom. The third-order valence-corrected chi connectivity index (χ3v) is 3.51. The molecule has 0 bridgehead atoms. The van der Waals surface area contributed by atoms with Gasteiger partial charge in [0.2, 0.25) is 0 Å². The molecular formula is C15H15ClN2O4. The van der Waals surface area contributed by atoms with Crippen LogP contribution in [-0.2, 0) is 14.3 Å². The van der Waals surface area contributed by atoms with Crippen molar-refractivity contribution in [1.29, 1.82) is 0 Å². The van der Waals surface area contributed by atoms with Crippen LogP contribution in [0.25, 0.3) is 6.08 Å². The summed E-state index contributed by atoms with van der Waals surface area (Å²) in [6.45, 7) is 2.11. The molecule has 22 heavy (non-hydrogen) atoms. The number of nitrogens with zero attached hydrogens (tertiary/aromatic N) is 1. The third-order valence-electron chi connectivity index (χ3n) is 3.10. The van der Waals surface area contributed by atoms with Gasteiger partial charge in [-0.2, -0.15) is 0 Å². The molecule has 1 aromatic carbocycles. The SMILES string of the molecule is Cc1ccc(/C=C/C(=O)OCC(=O)N2CCNC2=O)cc1Cl. The second kappa shape index (κ2) is 7.09. The molecule has 6 nitrogen and oxygen atoms in total. The number of carbonyl (C=O) groups excluding carboxylic acids is 3. The topological polar surface area (TPSA) is 75.7 Å². The number of aryl methyl sites for hydroxylation is 1. The van der Waals surface area contributed by atoms with E-state index in [1.807, 2.05) is 19.1 Å². The quantitative estimate of drug-likeness (QED) is 0.677. The van der Waals surface area contributed by atoms with E-state index in [9.17, 15) is 14.4 Å². The summed E-state index contributed by atoms with van der Waals surface area (Å²) in [4.78, 5) is 35.5. The highest BCUT2D eigenvalue weighted by Gasteiger charge is 2.26. The summed E-state index contributed by atoms with van der Waals surface area (Å²) in [7, 11) is 0. The van der Waals surface area contributed by atoms with Crippen LogP contribution >= 0.6 is 11.6 Å². The fourth-order valence-electron chi connectivity index (χ4n) is 1.85. The van der Waals surface area contributed by atoms with Gasteiger partial charge in [0.25, 0.3) is 5.91 Å². The Labute approximate surface area is 132 Å². The van der Waals surface area contributed by atoms with Crippen LogP contribution in [0.3, 0.4) is 0 Å². The van der Waals surface area contributed by atoms with E-state index in [-0.39, 0.29) is 6.54 Å². The first kappa shape index (κ1) is 16.0. The van der Waals surface area contributed by atoms with Crippen molar-refractivity contribution in [2.24, 2.45) is 0 Å². The first-order chi connectivity index (χ1) is 10.5. The second-order valence-corrected chi connectivity index (χ2v) is 5.13. The number of urea groups is 1. The molecule has 1 saturated heterocycles. The van der Waals surface area contributed by atoms with Gasteiger partial charge in [-0.3, -0.25) is 9.69 Å². The Kier molecular flexibility index (Phi) is 5.16. The van der Waals surface area contributed by atoms with Gasteiger partial charge in [0.15, 0.2) is 6.61 Å². The molecule has 0 radical (unpaired) electrons. The van der Waals surface area contributed by atoms with Crippen LogP contribution in [0.15, 0.2) is 24.3 Å². The lowest BCUT2D eigenvalue weighted by Gasteiger charge is -2.11. The van der Waals surface area contributed by atoms with E-state index in [4.69, 9.17) is 16.3 Å². The lowest BCUT2D eigenvalue weighted by Crippen LogP contribution is -2.37. The number of carbonyl (C=O) groups is 3. The van der Waals surface area contributed by atoms with Gasteiger partial charge >= 0.3 is 12.0 Å². The Morgan fingerprint density at radius 2 is 2.23 bits per heavy atom. The van der Waals surface area contributed by atoms with E-state index in [1.54, 1.807) is 12.1 Å². The molecule has 116 valence electrons. The molecule has 0 spiro atoms. The van der Waals surface area contributed by atoms with Gasteiger partial charge < -0.3 is 10.1 Å². The number of amides is 3. The number of ether oxygens (including phenoxy) is 1. The van der Waals surface area contributed by atoms with Crippen LogP contribution in [0, 0.1) is 6.92 Å². The van der Waals surface area contributed by atoms with Crippen LogP contribution < -0.4 is 5.32 Å². The number of hydrogen-bond acceptors (Lipinski definition) is 4. The first-order valence-corrected chi connectivity index (χ1v) is 7.04. The highest BCUT2D eigenvalue weighted by atomic mass is 35.5. The summed E-state index contributed by atoms with van der Waals surface area (Å²) in [5.74, 6) is -1.21. The van der Waals surface area contributed by atoms with E-state index >= 15 is 0 Å². The Bertz CT molecular complexity index is 642. The normalized spacial score (nSPS) is 14.3. The molecule has 1 aliphatic heterocycles. The number of nitrogens with one attached hydrogen (secondary N) is 1. The van der Waals surface area contributed by atoms with E-state index in [0.717, 1.165) is 16.0 Å². The summed E-state index contributed by atoms with van der Waals surface area (Å²) >= 11 is 5.98. The lowest BCUT2D eigenvalue weighted by atomic mass is 10.1. The van der Waals surface area contributed by atoms with Gasteiger partial charge in [-0.15, -0.1) is 0 Å². The third kappa shape index (κ3) is 4.08. The number of hydrogen-bond donors (Lipinski definition) is 1. The van der Waals surface area contributed by atoms with Gasteiger partial charge in [-0.25, -0.2) is 9.59 Å². The number of imide groups is 1. The molecule has 1 heterocycles. The highest BCUT2D eigenvalue weighted by molar-refractivity contribution is 6.31. The number of rotatable bonds is 4. The predicted octanol–water partition coefficient (Wildman–Crippen LogP) is 1.76. The van der Waals surface area contributed by atoms with Crippen molar-refractivity contribution in [3.05, 3.63) is 40.4 Å². The molecule has 0 aliphatic carbocycles. The number of esters is 1. The smallest absolute Gasteiger partial charge is 0.331 e. The Hall–Kier alpha value is -2.34. The van der Waals surface area contributed by atoms with Crippen molar-refractivity contribution < 1.29 is 19.1 Å². The molecule has 3 amide bonds. The number of halogens is 1. The van der Waals surface area contributed by atoms with Crippen molar-refractivity contribution in [3.63, 3.8) is 0 Å². The first-order valence-electron chi connectivity index (χ1n) is 6.66. The summed E-state index contributed by atoms with van der Waals surface area (Å²) < 4.78 is 4.81. The molecule has 1 N–H and O–H groups in total. The maximum atomic E-state index is 11.7. The van der Waals surface area contributed by atoms with E-state index in [2.05, 4.69) is 5.32 Å². The summed E-state index contributed by atoms with van der Waals surface area (Å²) in [5, 5.41) is 3.10. The fourth-order valence-corrected chi connectivity index (χ4v) is 2.03. The molecule has 0 aromatic heterocycles. The average molecular weight is 323 g/mol. The van der Waals surface area contributed by atoms with Crippen molar-refractivity contribution >= 4 is 35.6 Å². The monoisotopic (exact) mass is 322 g/mol. The van der Waals surface area contributed by atoms with Crippen LogP contribution in [0.5, 0.6) is 0 Å². The molecule has 0 unspecified atom stereocenters. The van der Waals surface area contributed by atoms with Crippen molar-refractivity contribution in [2.75, 3.05) is 19.7 Å². The molecule has 1 fully saturated rings. The Balaban J connectivity index is 1.84. The van der Waals surface area contributed by atoms with E-state index < -0.39 is 24.5 Å². The van der Waals surface area contributed by atoms with Crippen LogP contribution in [0.2, 0.25) is 5.02 Å². The average Bonchev–Trinajstić information content (AvgIpc) is 2.92. The minimum Gasteiger partial charge on any atom is -0.452 e. The number of benzene rings is 1. The van der Waals surface area contributed by atoms with Gasteiger partial charge in [0, 0.05) is 24.2 Å². The molecule has 2 rings (SSSR count). The van der Waals surface area contributed by atoms with Gasteiger partial charge in [-0.1, -0.05) is 23.7 Å². The standard InChI is InChI=1S/C15H15ClN2O4/c1-10-2-3-11(8-12(10)16)4-5-14(20)22-9-13(19)18-7-6-17-15(18)21/h2-5,8H,6-7,9H2,1H3,(H,17,21)/b5-4+. The second-order valence-electron chi connectivity index (χ2n) is 4.73. The van der Waals surface area contributed by atoms with Gasteiger partial charge in [0.05, 0.1) is 0 Å². The fraction of sp³-hybridized carbons (Fsp3) is 0.267. The molecular weight excluding hydrogens is 308 g/mol. The highest BCUT2D eigenvalue weighted by Crippen LogP contribution is 2.17. The minimum atomic E-state index is -0.662. The zero-order chi connectivity index (χ0) is 16.1. The maximum absolute atomic E-state index is 11.7. The van der Waals surface area contributed by atoms with Crippen LogP contribution in [-0.4, -0.2) is 42.5 Å². The molecule has 7 heteroatoms. The largest absolute Gasteiger partial charge is 0.452 e. The molecule has 1 aromatic rings. The lowest BCUT2D eigenvalue weighted by molar-refractivity contribution is -0.146. The van der Waals surface area contributed by atoms with Crippen molar-refractivity contribution in [1.82, 2.24) is 10.2 Å². The van der Waals surface area contributed by atoms with Gasteiger partial charge in [-0.05, 0) is 30.2 Å². The van der Waals surface area contributed by atoms with Gasteiger partial charge in [0.1, 0.15) is 0 Å². The molecule has 0 atom stereocenters. The molecule has 1 aliphatic rings. The van der Waals surface area contributed by atoms with Crippen LogP contribution in [0.1, 0.15) is 11.1 Å². The summed E-state index contributed by atoms with van der Waals surface area (Å²) in [6, 6.07) is 4.90. The summed E-state index contributed by atoms with van der Waals surface area (Å²) in [6.07, 6.45) is 2.75.